The van der Waals surface area contributed by atoms with E-state index in [-0.39, 0.29) is 12.5 Å². The first-order valence-electron chi connectivity index (χ1n) is 5.76. The van der Waals surface area contributed by atoms with E-state index in [4.69, 9.17) is 0 Å². The highest BCUT2D eigenvalue weighted by Gasteiger charge is 2.03. The second-order valence-electron chi connectivity index (χ2n) is 3.83. The predicted octanol–water partition coefficient (Wildman–Crippen LogP) is 1.95. The number of benzene rings is 1. The van der Waals surface area contributed by atoms with E-state index in [1.54, 1.807) is 12.3 Å². The lowest BCUT2D eigenvalue weighted by Gasteiger charge is -2.08. The number of nitrogens with one attached hydrogen (secondary N) is 2. The number of carbonyl (C=O) groups is 1. The van der Waals surface area contributed by atoms with Gasteiger partial charge in [-0.25, -0.2) is 0 Å². The van der Waals surface area contributed by atoms with Crippen LogP contribution in [0.1, 0.15) is 0 Å². The number of pyridine rings is 1. The third-order valence-corrected chi connectivity index (χ3v) is 2.52. The van der Waals surface area contributed by atoms with E-state index < -0.39 is 0 Å². The van der Waals surface area contributed by atoms with Crippen LogP contribution in [0.2, 0.25) is 0 Å². The van der Waals surface area contributed by atoms with Crippen molar-refractivity contribution in [1.29, 1.82) is 0 Å². The third-order valence-electron chi connectivity index (χ3n) is 2.52. The first kappa shape index (κ1) is 12.1. The van der Waals surface area contributed by atoms with Crippen LogP contribution in [0.5, 0.6) is 0 Å². The SMILES string of the molecule is C=CCNC(=O)CNc1cccc2cccnc12. The van der Waals surface area contributed by atoms with Crippen LogP contribution in [-0.4, -0.2) is 24.0 Å². The molecule has 0 saturated heterocycles. The molecule has 0 aliphatic rings. The Kier molecular flexibility index (Phi) is 3.91. The number of fused-ring (bicyclic) bond motifs is 1. The molecule has 18 heavy (non-hydrogen) atoms. The van der Waals surface area contributed by atoms with Crippen molar-refractivity contribution in [3.05, 3.63) is 49.2 Å². The fourth-order valence-corrected chi connectivity index (χ4v) is 1.67. The molecule has 1 aromatic carbocycles. The number of aromatic nitrogens is 1. The van der Waals surface area contributed by atoms with Gasteiger partial charge in [-0.3, -0.25) is 9.78 Å². The Morgan fingerprint density at radius 3 is 3.00 bits per heavy atom. The van der Waals surface area contributed by atoms with Crippen LogP contribution in [0.3, 0.4) is 0 Å². The lowest BCUT2D eigenvalue weighted by atomic mass is 10.2. The van der Waals surface area contributed by atoms with Crippen LogP contribution < -0.4 is 10.6 Å². The summed E-state index contributed by atoms with van der Waals surface area (Å²) in [7, 11) is 0. The molecule has 1 aromatic heterocycles. The maximum atomic E-state index is 11.5. The van der Waals surface area contributed by atoms with Crippen molar-refractivity contribution in [3.63, 3.8) is 0 Å². The minimum Gasteiger partial charge on any atom is -0.374 e. The predicted molar refractivity (Wildman–Crippen MR) is 73.4 cm³/mol. The highest BCUT2D eigenvalue weighted by Crippen LogP contribution is 2.19. The number of carbonyl (C=O) groups excluding carboxylic acids is 1. The van der Waals surface area contributed by atoms with Crippen molar-refractivity contribution in [2.75, 3.05) is 18.4 Å². The lowest BCUT2D eigenvalue weighted by Crippen LogP contribution is -2.29. The van der Waals surface area contributed by atoms with Gasteiger partial charge in [0.05, 0.1) is 17.7 Å². The number of amides is 1. The second kappa shape index (κ2) is 5.82. The summed E-state index contributed by atoms with van der Waals surface area (Å²) in [6.45, 7) is 4.25. The highest BCUT2D eigenvalue weighted by atomic mass is 16.1. The van der Waals surface area contributed by atoms with Gasteiger partial charge in [-0.1, -0.05) is 24.3 Å². The summed E-state index contributed by atoms with van der Waals surface area (Å²) in [5, 5.41) is 6.85. The molecule has 0 fully saturated rings. The standard InChI is InChI=1S/C14H15N3O/c1-2-8-15-13(18)10-17-12-7-3-5-11-6-4-9-16-14(11)12/h2-7,9,17H,1,8,10H2,(H,15,18). The van der Waals surface area contributed by atoms with E-state index >= 15 is 0 Å². The molecule has 0 aliphatic carbocycles. The van der Waals surface area contributed by atoms with Gasteiger partial charge < -0.3 is 10.6 Å². The normalized spacial score (nSPS) is 10.0. The van der Waals surface area contributed by atoms with Crippen LogP contribution >= 0.6 is 0 Å². The molecule has 0 aliphatic heterocycles. The Labute approximate surface area is 106 Å². The molecule has 2 aromatic rings. The zero-order chi connectivity index (χ0) is 12.8. The summed E-state index contributed by atoms with van der Waals surface area (Å²) in [5.41, 5.74) is 1.73. The maximum Gasteiger partial charge on any atom is 0.239 e. The molecule has 2 N–H and O–H groups in total. The monoisotopic (exact) mass is 241 g/mol. The van der Waals surface area contributed by atoms with Gasteiger partial charge in [0.2, 0.25) is 5.91 Å². The number of hydrogen-bond donors (Lipinski definition) is 2. The molecule has 4 heteroatoms. The van der Waals surface area contributed by atoms with Crippen molar-refractivity contribution in [3.8, 4) is 0 Å². The van der Waals surface area contributed by atoms with E-state index in [2.05, 4.69) is 22.2 Å². The first-order valence-corrected chi connectivity index (χ1v) is 5.76. The summed E-state index contributed by atoms with van der Waals surface area (Å²) in [4.78, 5) is 15.8. The molecule has 92 valence electrons. The smallest absolute Gasteiger partial charge is 0.239 e. The van der Waals surface area contributed by atoms with Gasteiger partial charge in [-0.15, -0.1) is 6.58 Å². The molecule has 2 rings (SSSR count). The van der Waals surface area contributed by atoms with Gasteiger partial charge in [-0.2, -0.15) is 0 Å². The minimum atomic E-state index is -0.0668. The van der Waals surface area contributed by atoms with Gasteiger partial charge in [0.1, 0.15) is 0 Å². The summed E-state index contributed by atoms with van der Waals surface area (Å²) < 4.78 is 0. The molecule has 0 atom stereocenters. The molecule has 0 saturated carbocycles. The summed E-state index contributed by atoms with van der Waals surface area (Å²) in [6.07, 6.45) is 3.39. The molecule has 1 heterocycles. The van der Waals surface area contributed by atoms with Crippen LogP contribution in [-0.2, 0) is 4.79 Å². The summed E-state index contributed by atoms with van der Waals surface area (Å²) >= 11 is 0. The van der Waals surface area contributed by atoms with Gasteiger partial charge >= 0.3 is 0 Å². The molecule has 0 spiro atoms. The van der Waals surface area contributed by atoms with E-state index in [0.29, 0.717) is 6.54 Å². The molecule has 0 radical (unpaired) electrons. The minimum absolute atomic E-state index is 0.0668. The average Bonchev–Trinajstić information content (AvgIpc) is 2.42. The average molecular weight is 241 g/mol. The molecule has 4 nitrogen and oxygen atoms in total. The van der Waals surface area contributed by atoms with Crippen LogP contribution in [0.15, 0.2) is 49.2 Å². The van der Waals surface area contributed by atoms with E-state index in [0.717, 1.165) is 16.6 Å². The van der Waals surface area contributed by atoms with Gasteiger partial charge in [0, 0.05) is 18.1 Å². The Morgan fingerprint density at radius 1 is 1.33 bits per heavy atom. The fourth-order valence-electron chi connectivity index (χ4n) is 1.67. The van der Waals surface area contributed by atoms with Crippen LogP contribution in [0, 0.1) is 0 Å². The number of para-hydroxylation sites is 1. The number of rotatable bonds is 5. The molecular formula is C14H15N3O. The topological polar surface area (TPSA) is 54.0 Å². The molecule has 0 bridgehead atoms. The van der Waals surface area contributed by atoms with Crippen molar-refractivity contribution in [1.82, 2.24) is 10.3 Å². The molecule has 0 unspecified atom stereocenters. The third kappa shape index (κ3) is 2.85. The van der Waals surface area contributed by atoms with E-state index in [1.807, 2.05) is 30.3 Å². The van der Waals surface area contributed by atoms with Crippen LogP contribution in [0.4, 0.5) is 5.69 Å². The van der Waals surface area contributed by atoms with Gasteiger partial charge in [0.15, 0.2) is 0 Å². The largest absolute Gasteiger partial charge is 0.374 e. The van der Waals surface area contributed by atoms with Crippen molar-refractivity contribution in [2.45, 2.75) is 0 Å². The Morgan fingerprint density at radius 2 is 2.17 bits per heavy atom. The fraction of sp³-hybridized carbons (Fsp3) is 0.143. The van der Waals surface area contributed by atoms with Gasteiger partial charge in [0.25, 0.3) is 0 Å². The quantitative estimate of drug-likeness (QED) is 0.787. The lowest BCUT2D eigenvalue weighted by molar-refractivity contribution is -0.119. The number of nitrogens with zero attached hydrogens (tertiary/aromatic N) is 1. The van der Waals surface area contributed by atoms with Crippen molar-refractivity contribution >= 4 is 22.5 Å². The summed E-state index contributed by atoms with van der Waals surface area (Å²) in [5.74, 6) is -0.0668. The zero-order valence-electron chi connectivity index (χ0n) is 10.0. The Balaban J connectivity index is 2.08. The second-order valence-corrected chi connectivity index (χ2v) is 3.83. The molecule has 1 amide bonds. The van der Waals surface area contributed by atoms with Gasteiger partial charge in [-0.05, 0) is 12.1 Å². The number of anilines is 1. The Bertz CT molecular complexity index is 560. The maximum absolute atomic E-state index is 11.5. The molecular weight excluding hydrogens is 226 g/mol. The summed E-state index contributed by atoms with van der Waals surface area (Å²) in [6, 6.07) is 9.73. The van der Waals surface area contributed by atoms with E-state index in [9.17, 15) is 4.79 Å². The first-order chi connectivity index (χ1) is 8.81. The highest BCUT2D eigenvalue weighted by molar-refractivity contribution is 5.92. The Hall–Kier alpha value is -2.36. The van der Waals surface area contributed by atoms with E-state index in [1.165, 1.54) is 0 Å². The van der Waals surface area contributed by atoms with Crippen LogP contribution in [0.25, 0.3) is 10.9 Å². The number of hydrogen-bond acceptors (Lipinski definition) is 3. The van der Waals surface area contributed by atoms with Crippen molar-refractivity contribution < 1.29 is 4.79 Å². The zero-order valence-corrected chi connectivity index (χ0v) is 10.0. The van der Waals surface area contributed by atoms with Crippen molar-refractivity contribution in [2.24, 2.45) is 0 Å².